The van der Waals surface area contributed by atoms with E-state index in [0.717, 1.165) is 33.7 Å². The molecule has 0 amide bonds. The Hall–Kier alpha value is -0.910. The molecule has 0 saturated carbocycles. The molecule has 19 heavy (non-hydrogen) atoms. The highest BCUT2D eigenvalue weighted by Gasteiger charge is 2.13. The number of anilines is 1. The van der Waals surface area contributed by atoms with Crippen LogP contribution in [0.15, 0.2) is 22.0 Å². The molecule has 0 aromatic carbocycles. The van der Waals surface area contributed by atoms with Gasteiger partial charge < -0.3 is 10.0 Å². The Kier molecular flexibility index (Phi) is 4.60. The number of nitrogens with zero attached hydrogens (tertiary/aromatic N) is 2. The van der Waals surface area contributed by atoms with Gasteiger partial charge in [-0.1, -0.05) is 0 Å². The number of halogens is 1. The molecule has 0 atom stereocenters. The molecule has 0 aliphatic heterocycles. The number of thiophene rings is 1. The maximum absolute atomic E-state index is 9.54. The quantitative estimate of drug-likeness (QED) is 0.922. The molecule has 0 spiro atoms. The fourth-order valence-corrected chi connectivity index (χ4v) is 3.60. The average Bonchev–Trinajstić information content (AvgIpc) is 2.73. The summed E-state index contributed by atoms with van der Waals surface area (Å²) >= 11 is 5.18. The minimum atomic E-state index is 0.0208. The van der Waals surface area contributed by atoms with Gasteiger partial charge in [0.1, 0.15) is 5.82 Å². The predicted molar refractivity (Wildman–Crippen MR) is 83.8 cm³/mol. The molecule has 1 N–H and O–H groups in total. The average molecular weight is 341 g/mol. The summed E-state index contributed by atoms with van der Waals surface area (Å²) in [6.07, 6.45) is 0. The Morgan fingerprint density at radius 1 is 1.37 bits per heavy atom. The lowest BCUT2D eigenvalue weighted by atomic mass is 10.1. The van der Waals surface area contributed by atoms with Crippen LogP contribution < -0.4 is 4.90 Å². The number of aliphatic hydroxyl groups is 1. The molecule has 102 valence electrons. The van der Waals surface area contributed by atoms with E-state index in [-0.39, 0.29) is 6.61 Å². The van der Waals surface area contributed by atoms with Crippen molar-refractivity contribution in [1.82, 2.24) is 4.98 Å². The van der Waals surface area contributed by atoms with Crippen molar-refractivity contribution in [2.24, 2.45) is 0 Å². The fraction of sp³-hybridized carbons (Fsp3) is 0.357. The van der Waals surface area contributed by atoms with E-state index >= 15 is 0 Å². The maximum Gasteiger partial charge on any atom is 0.134 e. The van der Waals surface area contributed by atoms with Gasteiger partial charge in [0.15, 0.2) is 0 Å². The highest BCUT2D eigenvalue weighted by atomic mass is 79.9. The van der Waals surface area contributed by atoms with Gasteiger partial charge in [-0.25, -0.2) is 4.98 Å². The molecule has 5 heteroatoms. The van der Waals surface area contributed by atoms with E-state index in [2.05, 4.69) is 37.3 Å². The highest BCUT2D eigenvalue weighted by Crippen LogP contribution is 2.26. The maximum atomic E-state index is 9.54. The number of aliphatic hydroxyl groups excluding tert-OH is 1. The van der Waals surface area contributed by atoms with E-state index in [4.69, 9.17) is 0 Å². The van der Waals surface area contributed by atoms with Crippen LogP contribution in [0.3, 0.4) is 0 Å². The summed E-state index contributed by atoms with van der Waals surface area (Å²) < 4.78 is 1.11. The van der Waals surface area contributed by atoms with Crippen LogP contribution >= 0.6 is 27.3 Å². The second kappa shape index (κ2) is 6.03. The summed E-state index contributed by atoms with van der Waals surface area (Å²) in [5.74, 6) is 0.865. The first-order chi connectivity index (χ1) is 9.01. The van der Waals surface area contributed by atoms with Crippen molar-refractivity contribution in [3.05, 3.63) is 43.7 Å². The largest absolute Gasteiger partial charge is 0.392 e. The van der Waals surface area contributed by atoms with Crippen LogP contribution in [0.4, 0.5) is 5.82 Å². The third-order valence-electron chi connectivity index (χ3n) is 2.99. The zero-order valence-electron chi connectivity index (χ0n) is 11.3. The minimum Gasteiger partial charge on any atom is -0.392 e. The molecule has 0 aliphatic carbocycles. The SMILES string of the molecule is Cc1cc(C)c(CO)c(N(C)Cc2cc(Br)cs2)n1. The molecule has 0 fully saturated rings. The third-order valence-corrected chi connectivity index (χ3v) is 4.67. The van der Waals surface area contributed by atoms with Crippen molar-refractivity contribution in [3.8, 4) is 0 Å². The van der Waals surface area contributed by atoms with Gasteiger partial charge in [-0.05, 0) is 47.5 Å². The summed E-state index contributed by atoms with van der Waals surface area (Å²) in [6, 6.07) is 4.12. The van der Waals surface area contributed by atoms with E-state index in [1.807, 2.05) is 27.0 Å². The van der Waals surface area contributed by atoms with E-state index in [0.29, 0.717) is 0 Å². The number of aryl methyl sites for hydroxylation is 2. The van der Waals surface area contributed by atoms with Crippen LogP contribution in [-0.4, -0.2) is 17.1 Å². The minimum absolute atomic E-state index is 0.0208. The lowest BCUT2D eigenvalue weighted by Gasteiger charge is -2.22. The molecule has 0 saturated heterocycles. The second-order valence-electron chi connectivity index (χ2n) is 4.63. The van der Waals surface area contributed by atoms with Gasteiger partial charge in [0.2, 0.25) is 0 Å². The van der Waals surface area contributed by atoms with Crippen molar-refractivity contribution in [3.63, 3.8) is 0 Å². The van der Waals surface area contributed by atoms with E-state index in [9.17, 15) is 5.11 Å². The summed E-state index contributed by atoms with van der Waals surface area (Å²) in [7, 11) is 2.01. The van der Waals surface area contributed by atoms with Crippen molar-refractivity contribution in [2.75, 3.05) is 11.9 Å². The molecule has 2 aromatic rings. The summed E-state index contributed by atoms with van der Waals surface area (Å²) in [4.78, 5) is 7.92. The molecule has 3 nitrogen and oxygen atoms in total. The first kappa shape index (κ1) is 14.5. The van der Waals surface area contributed by atoms with Crippen LogP contribution in [0.5, 0.6) is 0 Å². The van der Waals surface area contributed by atoms with Gasteiger partial charge in [0.05, 0.1) is 13.2 Å². The monoisotopic (exact) mass is 340 g/mol. The number of hydrogen-bond donors (Lipinski definition) is 1. The standard InChI is InChI=1S/C14H17BrN2OS/c1-9-4-10(2)16-14(13(9)7-18)17(3)6-12-5-11(15)8-19-12/h4-5,8,18H,6-7H2,1-3H3. The third kappa shape index (κ3) is 3.35. The van der Waals surface area contributed by atoms with Gasteiger partial charge in [0, 0.05) is 33.0 Å². The molecule has 0 bridgehead atoms. The van der Waals surface area contributed by atoms with Gasteiger partial charge in [0.25, 0.3) is 0 Å². The molecule has 2 heterocycles. The Bertz CT molecular complexity index is 583. The van der Waals surface area contributed by atoms with Crippen LogP contribution in [0.25, 0.3) is 0 Å². The Morgan fingerprint density at radius 3 is 2.68 bits per heavy atom. The predicted octanol–water partition coefficient (Wildman–Crippen LogP) is 3.65. The molecular weight excluding hydrogens is 324 g/mol. The molecule has 0 unspecified atom stereocenters. The number of pyridine rings is 1. The second-order valence-corrected chi connectivity index (χ2v) is 6.54. The highest BCUT2D eigenvalue weighted by molar-refractivity contribution is 9.10. The molecular formula is C14H17BrN2OS. The summed E-state index contributed by atoms with van der Waals surface area (Å²) in [5, 5.41) is 11.6. The summed E-state index contributed by atoms with van der Waals surface area (Å²) in [6.45, 7) is 4.80. The number of rotatable bonds is 4. The summed E-state index contributed by atoms with van der Waals surface area (Å²) in [5.41, 5.74) is 2.97. The van der Waals surface area contributed by atoms with Gasteiger partial charge in [-0.3, -0.25) is 0 Å². The van der Waals surface area contributed by atoms with E-state index in [1.165, 1.54) is 4.88 Å². The smallest absolute Gasteiger partial charge is 0.134 e. The normalized spacial score (nSPS) is 10.8. The Labute approximate surface area is 126 Å². The van der Waals surface area contributed by atoms with Crippen LogP contribution in [-0.2, 0) is 13.2 Å². The Balaban J connectivity index is 2.30. The number of hydrogen-bond acceptors (Lipinski definition) is 4. The molecule has 0 aliphatic rings. The molecule has 2 aromatic heterocycles. The van der Waals surface area contributed by atoms with Crippen molar-refractivity contribution in [1.29, 1.82) is 0 Å². The van der Waals surface area contributed by atoms with Crippen LogP contribution in [0.2, 0.25) is 0 Å². The van der Waals surface area contributed by atoms with Crippen LogP contribution in [0, 0.1) is 13.8 Å². The van der Waals surface area contributed by atoms with Crippen molar-refractivity contribution in [2.45, 2.75) is 27.0 Å². The zero-order chi connectivity index (χ0) is 14.0. The van der Waals surface area contributed by atoms with Gasteiger partial charge in [-0.15, -0.1) is 11.3 Å². The van der Waals surface area contributed by atoms with Crippen molar-refractivity contribution < 1.29 is 5.11 Å². The van der Waals surface area contributed by atoms with Gasteiger partial charge in [-0.2, -0.15) is 0 Å². The first-order valence-corrected chi connectivity index (χ1v) is 7.70. The lowest BCUT2D eigenvalue weighted by molar-refractivity contribution is 0.281. The molecule has 2 rings (SSSR count). The fourth-order valence-electron chi connectivity index (χ4n) is 2.10. The lowest BCUT2D eigenvalue weighted by Crippen LogP contribution is -2.20. The van der Waals surface area contributed by atoms with E-state index < -0.39 is 0 Å². The molecule has 0 radical (unpaired) electrons. The Morgan fingerprint density at radius 2 is 2.11 bits per heavy atom. The first-order valence-electron chi connectivity index (χ1n) is 6.03. The van der Waals surface area contributed by atoms with Crippen molar-refractivity contribution >= 4 is 33.1 Å². The van der Waals surface area contributed by atoms with E-state index in [1.54, 1.807) is 11.3 Å². The number of aromatic nitrogens is 1. The zero-order valence-corrected chi connectivity index (χ0v) is 13.7. The van der Waals surface area contributed by atoms with Gasteiger partial charge >= 0.3 is 0 Å². The topological polar surface area (TPSA) is 36.4 Å². The van der Waals surface area contributed by atoms with Crippen LogP contribution in [0.1, 0.15) is 21.7 Å².